The van der Waals surface area contributed by atoms with E-state index in [0.717, 1.165) is 10.6 Å². The number of aryl methyl sites for hydroxylation is 1. The smallest absolute Gasteiger partial charge is 0.108 e. The van der Waals surface area contributed by atoms with Crippen molar-refractivity contribution in [3.05, 3.63) is 51.1 Å². The van der Waals surface area contributed by atoms with Gasteiger partial charge in [-0.3, -0.25) is 4.99 Å². The van der Waals surface area contributed by atoms with Crippen molar-refractivity contribution in [1.29, 1.82) is 0 Å². The molecule has 0 spiro atoms. The van der Waals surface area contributed by atoms with Crippen LogP contribution >= 0.6 is 11.3 Å². The lowest BCUT2D eigenvalue weighted by Gasteiger charge is -1.92. The molecule has 1 aromatic carbocycles. The van der Waals surface area contributed by atoms with Crippen LogP contribution in [0.3, 0.4) is 0 Å². The van der Waals surface area contributed by atoms with Gasteiger partial charge in [0.2, 0.25) is 0 Å². The fourth-order valence-corrected chi connectivity index (χ4v) is 2.01. The molecule has 0 radical (unpaired) electrons. The molecule has 0 saturated carbocycles. The molecule has 0 fully saturated rings. The van der Waals surface area contributed by atoms with Crippen molar-refractivity contribution in [2.24, 2.45) is 10.2 Å². The van der Waals surface area contributed by atoms with E-state index in [1.165, 1.54) is 4.88 Å². The third-order valence-electron chi connectivity index (χ3n) is 2.06. The minimum atomic E-state index is 0.422. The van der Waals surface area contributed by atoms with Crippen LogP contribution in [0, 0.1) is 11.8 Å². The second kappa shape index (κ2) is 4.81. The van der Waals surface area contributed by atoms with Gasteiger partial charge in [0.25, 0.3) is 0 Å². The zero-order valence-corrected chi connectivity index (χ0v) is 9.57. The third kappa shape index (κ3) is 2.61. The Morgan fingerprint density at radius 3 is 2.31 bits per heavy atom. The second-order valence-electron chi connectivity index (χ2n) is 3.31. The predicted octanol–water partition coefficient (Wildman–Crippen LogP) is 4.21. The first-order valence-electron chi connectivity index (χ1n) is 4.82. The Hall–Kier alpha value is -1.81. The maximum atomic E-state index is 10.2. The summed E-state index contributed by atoms with van der Waals surface area (Å²) >= 11 is 1.70. The van der Waals surface area contributed by atoms with Gasteiger partial charge >= 0.3 is 0 Å². The van der Waals surface area contributed by atoms with E-state index in [-0.39, 0.29) is 0 Å². The molecule has 16 heavy (non-hydrogen) atoms. The zero-order valence-electron chi connectivity index (χ0n) is 8.75. The van der Waals surface area contributed by atoms with Crippen LogP contribution < -0.4 is 0 Å². The number of nitroso groups, excluding NO2 is 1. The van der Waals surface area contributed by atoms with Crippen molar-refractivity contribution in [2.45, 2.75) is 6.92 Å². The Bertz CT molecular complexity index is 514. The highest BCUT2D eigenvalue weighted by Gasteiger charge is 1.93. The molecule has 0 aliphatic carbocycles. The number of aliphatic imine (C=N–C) groups is 1. The van der Waals surface area contributed by atoms with E-state index in [2.05, 4.69) is 23.2 Å². The zero-order chi connectivity index (χ0) is 11.4. The molecule has 0 N–H and O–H groups in total. The van der Waals surface area contributed by atoms with E-state index in [1.807, 2.05) is 12.3 Å². The molecular formula is C12H10N2OS. The lowest BCUT2D eigenvalue weighted by atomic mass is 10.3. The second-order valence-corrected chi connectivity index (χ2v) is 4.63. The van der Waals surface area contributed by atoms with E-state index >= 15 is 0 Å². The van der Waals surface area contributed by atoms with Crippen molar-refractivity contribution in [1.82, 2.24) is 0 Å². The number of thiophene rings is 1. The Kier molecular flexibility index (Phi) is 3.22. The first kappa shape index (κ1) is 10.7. The summed E-state index contributed by atoms with van der Waals surface area (Å²) in [4.78, 5) is 16.9. The van der Waals surface area contributed by atoms with Crippen LogP contribution in [-0.4, -0.2) is 6.21 Å². The summed E-state index contributed by atoms with van der Waals surface area (Å²) in [5, 5.41) is 2.83. The number of hydrogen-bond donors (Lipinski definition) is 0. The summed E-state index contributed by atoms with van der Waals surface area (Å²) in [6.07, 6.45) is 1.82. The molecule has 2 rings (SSSR count). The Balaban J connectivity index is 2.14. The minimum absolute atomic E-state index is 0.422. The molecule has 0 aliphatic rings. The van der Waals surface area contributed by atoms with Crippen LogP contribution in [-0.2, 0) is 0 Å². The van der Waals surface area contributed by atoms with Gasteiger partial charge in [0.1, 0.15) is 5.69 Å². The van der Waals surface area contributed by atoms with E-state index in [1.54, 1.807) is 35.6 Å². The molecule has 0 amide bonds. The van der Waals surface area contributed by atoms with Gasteiger partial charge < -0.3 is 0 Å². The topological polar surface area (TPSA) is 41.8 Å². The summed E-state index contributed by atoms with van der Waals surface area (Å²) < 4.78 is 0. The van der Waals surface area contributed by atoms with Crippen LogP contribution in [0.2, 0.25) is 0 Å². The molecule has 4 heteroatoms. The van der Waals surface area contributed by atoms with E-state index in [4.69, 9.17) is 0 Å². The number of hydrogen-bond acceptors (Lipinski definition) is 4. The third-order valence-corrected chi connectivity index (χ3v) is 2.99. The molecule has 2 aromatic rings. The van der Waals surface area contributed by atoms with Crippen LogP contribution in [0.5, 0.6) is 0 Å². The Labute approximate surface area is 97.4 Å². The summed E-state index contributed by atoms with van der Waals surface area (Å²) in [5.74, 6) is 0. The van der Waals surface area contributed by atoms with Gasteiger partial charge in [-0.2, -0.15) is 0 Å². The molecule has 3 nitrogen and oxygen atoms in total. The first-order valence-corrected chi connectivity index (χ1v) is 5.63. The molecule has 0 atom stereocenters. The van der Waals surface area contributed by atoms with E-state index in [9.17, 15) is 4.91 Å². The lowest BCUT2D eigenvalue weighted by Crippen LogP contribution is -1.71. The SMILES string of the molecule is Cc1ccc(C=Nc2ccc(N=O)cc2)s1. The maximum absolute atomic E-state index is 10.2. The number of benzene rings is 1. The van der Waals surface area contributed by atoms with E-state index < -0.39 is 0 Å². The van der Waals surface area contributed by atoms with Crippen LogP contribution in [0.4, 0.5) is 11.4 Å². The molecule has 0 saturated heterocycles. The summed E-state index contributed by atoms with van der Waals surface area (Å²) in [6.45, 7) is 2.06. The number of rotatable bonds is 3. The minimum Gasteiger partial charge on any atom is -0.255 e. The predicted molar refractivity (Wildman–Crippen MR) is 68.2 cm³/mol. The van der Waals surface area contributed by atoms with Crippen LogP contribution in [0.15, 0.2) is 46.6 Å². The summed E-state index contributed by atoms with van der Waals surface area (Å²) in [6, 6.07) is 10.9. The maximum Gasteiger partial charge on any atom is 0.108 e. The van der Waals surface area contributed by atoms with E-state index in [0.29, 0.717) is 5.69 Å². The van der Waals surface area contributed by atoms with Crippen molar-refractivity contribution < 1.29 is 0 Å². The average molecular weight is 230 g/mol. The molecule has 0 unspecified atom stereocenters. The average Bonchev–Trinajstić information content (AvgIpc) is 2.73. The molecule has 1 heterocycles. The molecule has 0 bridgehead atoms. The van der Waals surface area contributed by atoms with Crippen molar-refractivity contribution >= 4 is 28.9 Å². The fourth-order valence-electron chi connectivity index (χ4n) is 1.26. The highest BCUT2D eigenvalue weighted by atomic mass is 32.1. The highest BCUT2D eigenvalue weighted by Crippen LogP contribution is 2.19. The van der Waals surface area contributed by atoms with Gasteiger partial charge in [-0.1, -0.05) is 0 Å². The van der Waals surface area contributed by atoms with Crippen LogP contribution in [0.25, 0.3) is 0 Å². The van der Waals surface area contributed by atoms with Crippen LogP contribution in [0.1, 0.15) is 9.75 Å². The Morgan fingerprint density at radius 1 is 1.06 bits per heavy atom. The molecule has 80 valence electrons. The molecule has 0 aliphatic heterocycles. The van der Waals surface area contributed by atoms with Crippen molar-refractivity contribution in [2.75, 3.05) is 0 Å². The van der Waals surface area contributed by atoms with Gasteiger partial charge in [-0.15, -0.1) is 16.2 Å². The van der Waals surface area contributed by atoms with Gasteiger partial charge in [0.15, 0.2) is 0 Å². The molecular weight excluding hydrogens is 220 g/mol. The van der Waals surface area contributed by atoms with Gasteiger partial charge in [-0.05, 0) is 48.5 Å². The standard InChI is InChI=1S/C12H10N2OS/c1-9-2-7-12(16-9)8-13-10-3-5-11(14-15)6-4-10/h2-8H,1H3. The largest absolute Gasteiger partial charge is 0.255 e. The Morgan fingerprint density at radius 2 is 1.75 bits per heavy atom. The first-order chi connectivity index (χ1) is 7.78. The quantitative estimate of drug-likeness (QED) is 0.575. The normalized spacial score (nSPS) is 10.8. The molecule has 1 aromatic heterocycles. The van der Waals surface area contributed by atoms with Crippen molar-refractivity contribution in [3.8, 4) is 0 Å². The van der Waals surface area contributed by atoms with Gasteiger partial charge in [0.05, 0.1) is 5.69 Å². The number of nitrogens with zero attached hydrogens (tertiary/aromatic N) is 2. The summed E-state index contributed by atoms with van der Waals surface area (Å²) in [5.41, 5.74) is 1.24. The van der Waals surface area contributed by atoms with Gasteiger partial charge in [0, 0.05) is 16.0 Å². The van der Waals surface area contributed by atoms with Crippen molar-refractivity contribution in [3.63, 3.8) is 0 Å². The highest BCUT2D eigenvalue weighted by molar-refractivity contribution is 7.13. The lowest BCUT2D eigenvalue weighted by molar-refractivity contribution is 1.47. The monoisotopic (exact) mass is 230 g/mol. The summed E-state index contributed by atoms with van der Waals surface area (Å²) in [7, 11) is 0. The van der Waals surface area contributed by atoms with Gasteiger partial charge in [-0.25, -0.2) is 0 Å². The fraction of sp³-hybridized carbons (Fsp3) is 0.0833.